The molecule has 0 fully saturated rings. The zero-order chi connectivity index (χ0) is 22.2. The fourth-order valence-electron chi connectivity index (χ4n) is 3.46. The number of aromatic nitrogens is 2. The molecule has 0 aliphatic heterocycles. The van der Waals surface area contributed by atoms with Gasteiger partial charge in [-0.25, -0.2) is 12.4 Å². The highest BCUT2D eigenvalue weighted by molar-refractivity contribution is 7.90. The van der Waals surface area contributed by atoms with Gasteiger partial charge in [-0.3, -0.25) is 4.79 Å². The van der Waals surface area contributed by atoms with Crippen LogP contribution in [0.3, 0.4) is 0 Å². The monoisotopic (exact) mass is 458 g/mol. The summed E-state index contributed by atoms with van der Waals surface area (Å²) in [6, 6.07) is 13.1. The molecule has 0 aliphatic carbocycles. The molecule has 9 heteroatoms. The molecule has 4 rings (SSSR count). The van der Waals surface area contributed by atoms with Crippen LogP contribution in [0.15, 0.2) is 72.0 Å². The molecule has 1 N–H and O–H groups in total. The summed E-state index contributed by atoms with van der Waals surface area (Å²) >= 11 is 6.15. The van der Waals surface area contributed by atoms with Crippen LogP contribution in [-0.4, -0.2) is 34.6 Å². The molecule has 4 aromatic rings. The molecule has 0 amide bonds. The fraction of sp³-hybridized carbons (Fsp3) is 0.136. The third kappa shape index (κ3) is 4.04. The summed E-state index contributed by atoms with van der Waals surface area (Å²) in [7, 11) is -3.80. The maximum Gasteiger partial charge on any atom is 0.323 e. The van der Waals surface area contributed by atoms with Gasteiger partial charge in [-0.15, -0.1) is 0 Å². The average Bonchev–Trinajstić information content (AvgIpc) is 3.34. The van der Waals surface area contributed by atoms with Gasteiger partial charge in [0.05, 0.1) is 11.5 Å². The van der Waals surface area contributed by atoms with Crippen LogP contribution < -0.4 is 4.74 Å². The third-order valence-electron chi connectivity index (χ3n) is 4.84. The van der Waals surface area contributed by atoms with Gasteiger partial charge in [-0.2, -0.15) is 0 Å². The number of carbonyl (C=O) groups is 1. The molecular formula is C22H19ClN2O5S. The van der Waals surface area contributed by atoms with E-state index in [9.17, 15) is 18.3 Å². The smallest absolute Gasteiger partial charge is 0.323 e. The van der Waals surface area contributed by atoms with Crippen molar-refractivity contribution in [3.63, 3.8) is 0 Å². The highest BCUT2D eigenvalue weighted by atomic mass is 35.5. The van der Waals surface area contributed by atoms with Crippen molar-refractivity contribution in [3.8, 4) is 16.9 Å². The molecular weight excluding hydrogens is 440 g/mol. The Labute approximate surface area is 184 Å². The van der Waals surface area contributed by atoms with Gasteiger partial charge in [0.15, 0.2) is 0 Å². The van der Waals surface area contributed by atoms with Crippen LogP contribution in [-0.2, 0) is 21.4 Å². The van der Waals surface area contributed by atoms with Gasteiger partial charge in [0.25, 0.3) is 10.0 Å². The normalized spacial score (nSPS) is 11.7. The molecule has 2 aromatic heterocycles. The minimum absolute atomic E-state index is 0.134. The Hall–Kier alpha value is -3.23. The van der Waals surface area contributed by atoms with Crippen molar-refractivity contribution in [1.29, 1.82) is 0 Å². The predicted octanol–water partition coefficient (Wildman–Crippen LogP) is 4.48. The van der Waals surface area contributed by atoms with Crippen molar-refractivity contribution in [2.75, 3.05) is 6.61 Å². The van der Waals surface area contributed by atoms with E-state index in [-0.39, 0.29) is 11.4 Å². The van der Waals surface area contributed by atoms with E-state index in [2.05, 4.69) is 0 Å². The highest BCUT2D eigenvalue weighted by Crippen LogP contribution is 2.33. The van der Waals surface area contributed by atoms with Crippen LogP contribution in [0, 0.1) is 0 Å². The lowest BCUT2D eigenvalue weighted by Gasteiger charge is -2.07. The number of benzene rings is 2. The van der Waals surface area contributed by atoms with Crippen molar-refractivity contribution >= 4 is 38.5 Å². The first-order chi connectivity index (χ1) is 14.8. The van der Waals surface area contributed by atoms with E-state index in [0.717, 1.165) is 9.36 Å². The Morgan fingerprint density at radius 2 is 1.84 bits per heavy atom. The molecule has 2 heterocycles. The lowest BCUT2D eigenvalue weighted by Crippen LogP contribution is -2.10. The van der Waals surface area contributed by atoms with E-state index < -0.39 is 16.0 Å². The number of halogens is 1. The number of aliphatic carboxylic acids is 1. The van der Waals surface area contributed by atoms with Crippen molar-refractivity contribution in [2.45, 2.75) is 18.4 Å². The summed E-state index contributed by atoms with van der Waals surface area (Å²) in [5.41, 5.74) is 2.02. The zero-order valence-corrected chi connectivity index (χ0v) is 18.1. The third-order valence-corrected chi connectivity index (χ3v) is 6.72. The summed E-state index contributed by atoms with van der Waals surface area (Å²) in [5, 5.41) is 10.5. The molecule has 160 valence electrons. The molecule has 7 nitrogen and oxygen atoms in total. The Balaban J connectivity index is 1.75. The Morgan fingerprint density at radius 1 is 1.10 bits per heavy atom. The first-order valence-electron chi connectivity index (χ1n) is 9.46. The van der Waals surface area contributed by atoms with Crippen LogP contribution in [0.25, 0.3) is 22.0 Å². The van der Waals surface area contributed by atoms with Gasteiger partial charge in [-0.05, 0) is 55.5 Å². The molecule has 0 radical (unpaired) electrons. The van der Waals surface area contributed by atoms with E-state index in [1.807, 2.05) is 6.92 Å². The van der Waals surface area contributed by atoms with Crippen LogP contribution in [0.2, 0.25) is 5.02 Å². The van der Waals surface area contributed by atoms with Gasteiger partial charge in [-0.1, -0.05) is 11.6 Å². The molecule has 2 aromatic carbocycles. The van der Waals surface area contributed by atoms with Crippen LogP contribution in [0.1, 0.15) is 6.92 Å². The first-order valence-corrected chi connectivity index (χ1v) is 11.3. The lowest BCUT2D eigenvalue weighted by molar-refractivity contribution is -0.137. The van der Waals surface area contributed by atoms with E-state index in [0.29, 0.717) is 34.0 Å². The number of hydrogen-bond acceptors (Lipinski definition) is 4. The lowest BCUT2D eigenvalue weighted by atomic mass is 10.1. The number of carboxylic acids is 1. The Kier molecular flexibility index (Phi) is 5.51. The fourth-order valence-corrected chi connectivity index (χ4v) is 4.83. The molecule has 0 aliphatic rings. The summed E-state index contributed by atoms with van der Waals surface area (Å²) in [6.07, 6.45) is 4.66. The Bertz CT molecular complexity index is 1370. The number of rotatable bonds is 7. The van der Waals surface area contributed by atoms with E-state index >= 15 is 0 Å². The number of nitrogens with zero attached hydrogens (tertiary/aromatic N) is 2. The van der Waals surface area contributed by atoms with Crippen molar-refractivity contribution in [3.05, 3.63) is 72.1 Å². The summed E-state index contributed by atoms with van der Waals surface area (Å²) in [5.74, 6) is -0.383. The van der Waals surface area contributed by atoms with Crippen molar-refractivity contribution in [1.82, 2.24) is 8.54 Å². The quantitative estimate of drug-likeness (QED) is 0.441. The number of ether oxygens (including phenoxy) is 1. The van der Waals surface area contributed by atoms with E-state index in [1.54, 1.807) is 47.2 Å². The number of fused-ring (bicyclic) bond motifs is 1. The molecule has 0 bridgehead atoms. The van der Waals surface area contributed by atoms with Gasteiger partial charge in [0.2, 0.25) is 0 Å². The molecule has 0 unspecified atom stereocenters. The first kappa shape index (κ1) is 21.0. The van der Waals surface area contributed by atoms with Crippen molar-refractivity contribution < 1.29 is 23.1 Å². The summed E-state index contributed by atoms with van der Waals surface area (Å²) in [4.78, 5) is 11.4. The second-order valence-corrected chi connectivity index (χ2v) is 9.15. The van der Waals surface area contributed by atoms with Crippen LogP contribution in [0.5, 0.6) is 5.75 Å². The molecule has 0 atom stereocenters. The SMILES string of the molecule is CCOc1ccc(S(=O)(=O)n2ccc(-c3cn(CC(=O)O)c4ccc(Cl)cc34)c2)cc1. The van der Waals surface area contributed by atoms with Gasteiger partial charge >= 0.3 is 5.97 Å². The number of hydrogen-bond donors (Lipinski definition) is 1. The summed E-state index contributed by atoms with van der Waals surface area (Å²) in [6.45, 7) is 2.13. The zero-order valence-electron chi connectivity index (χ0n) is 16.5. The molecule has 0 spiro atoms. The number of carboxylic acid groups (broad SMARTS) is 1. The van der Waals surface area contributed by atoms with E-state index in [1.165, 1.54) is 24.5 Å². The van der Waals surface area contributed by atoms with Gasteiger partial charge < -0.3 is 14.4 Å². The van der Waals surface area contributed by atoms with Crippen LogP contribution in [0.4, 0.5) is 0 Å². The Morgan fingerprint density at radius 3 is 2.52 bits per heavy atom. The second kappa shape index (κ2) is 8.13. The minimum Gasteiger partial charge on any atom is -0.494 e. The standard InChI is InChI=1S/C22H19ClN2O5S/c1-2-30-17-4-6-18(7-5-17)31(28,29)25-10-9-15(12-25)20-13-24(14-22(26)27)21-8-3-16(23)11-19(20)21/h3-13H,2,14H2,1H3,(H,26,27). The van der Waals surface area contributed by atoms with E-state index in [4.69, 9.17) is 16.3 Å². The van der Waals surface area contributed by atoms with Gasteiger partial charge in [0, 0.05) is 45.6 Å². The topological polar surface area (TPSA) is 90.5 Å². The second-order valence-electron chi connectivity index (χ2n) is 6.87. The maximum atomic E-state index is 13.0. The molecule has 0 saturated carbocycles. The average molecular weight is 459 g/mol. The minimum atomic E-state index is -3.80. The largest absolute Gasteiger partial charge is 0.494 e. The summed E-state index contributed by atoms with van der Waals surface area (Å²) < 4.78 is 34.2. The van der Waals surface area contributed by atoms with Crippen LogP contribution >= 0.6 is 11.6 Å². The van der Waals surface area contributed by atoms with Crippen molar-refractivity contribution in [2.24, 2.45) is 0 Å². The van der Waals surface area contributed by atoms with Gasteiger partial charge in [0.1, 0.15) is 12.3 Å². The molecule has 31 heavy (non-hydrogen) atoms. The molecule has 0 saturated heterocycles. The maximum absolute atomic E-state index is 13.0. The predicted molar refractivity (Wildman–Crippen MR) is 118 cm³/mol. The highest BCUT2D eigenvalue weighted by Gasteiger charge is 2.19.